The molecular formula is C11H15BrFNO. The molecule has 0 saturated heterocycles. The number of rotatable bonds is 2. The lowest BCUT2D eigenvalue weighted by atomic mass is 10.1. The standard InChI is InChI=1S/C9H9BrFNO.C2H6/c1-5(13)8-7(12-2)4-3-6(10)9(8)11;1-2/h3-4,12H,1-2H3;1-2H3. The number of Topliss-reactive ketones (excluding diaryl/α,β-unsaturated/α-hetero) is 1. The molecule has 0 saturated carbocycles. The summed E-state index contributed by atoms with van der Waals surface area (Å²) < 4.78 is 13.7. The van der Waals surface area contributed by atoms with Crippen molar-refractivity contribution in [3.05, 3.63) is 28.0 Å². The fourth-order valence-corrected chi connectivity index (χ4v) is 1.43. The molecule has 15 heavy (non-hydrogen) atoms. The fourth-order valence-electron chi connectivity index (χ4n) is 1.10. The largest absolute Gasteiger partial charge is 0.387 e. The second kappa shape index (κ2) is 6.56. The van der Waals surface area contributed by atoms with E-state index in [1.807, 2.05) is 13.8 Å². The lowest BCUT2D eigenvalue weighted by molar-refractivity contribution is 0.101. The normalized spacial score (nSPS) is 8.93. The summed E-state index contributed by atoms with van der Waals surface area (Å²) in [6.45, 7) is 5.34. The minimum Gasteiger partial charge on any atom is -0.387 e. The zero-order chi connectivity index (χ0) is 12.0. The molecule has 1 aromatic carbocycles. The van der Waals surface area contributed by atoms with Gasteiger partial charge in [-0.05, 0) is 35.0 Å². The van der Waals surface area contributed by atoms with Gasteiger partial charge in [0, 0.05) is 12.7 Å². The summed E-state index contributed by atoms with van der Waals surface area (Å²) in [6, 6.07) is 3.22. The fraction of sp³-hybridized carbons (Fsp3) is 0.364. The molecule has 1 rings (SSSR count). The highest BCUT2D eigenvalue weighted by atomic mass is 79.9. The van der Waals surface area contributed by atoms with Crippen LogP contribution in [0, 0.1) is 5.82 Å². The summed E-state index contributed by atoms with van der Waals surface area (Å²) in [6.07, 6.45) is 0. The van der Waals surface area contributed by atoms with Crippen LogP contribution >= 0.6 is 15.9 Å². The molecule has 1 N–H and O–H groups in total. The van der Waals surface area contributed by atoms with Gasteiger partial charge in [0.15, 0.2) is 5.78 Å². The number of carbonyl (C=O) groups excluding carboxylic acids is 1. The van der Waals surface area contributed by atoms with Crippen LogP contribution in [0.5, 0.6) is 0 Å². The molecule has 0 aromatic heterocycles. The van der Waals surface area contributed by atoms with Crippen molar-refractivity contribution in [2.45, 2.75) is 20.8 Å². The smallest absolute Gasteiger partial charge is 0.164 e. The van der Waals surface area contributed by atoms with Crippen molar-refractivity contribution in [1.29, 1.82) is 0 Å². The second-order valence-electron chi connectivity index (χ2n) is 2.59. The summed E-state index contributed by atoms with van der Waals surface area (Å²) >= 11 is 3.02. The molecule has 0 spiro atoms. The molecule has 4 heteroatoms. The quantitative estimate of drug-likeness (QED) is 0.831. The second-order valence-corrected chi connectivity index (χ2v) is 3.44. The van der Waals surface area contributed by atoms with E-state index in [4.69, 9.17) is 0 Å². The summed E-state index contributed by atoms with van der Waals surface area (Å²) in [4.78, 5) is 11.1. The number of ketones is 1. The highest BCUT2D eigenvalue weighted by Crippen LogP contribution is 2.25. The molecule has 0 aliphatic rings. The first-order valence-electron chi connectivity index (χ1n) is 4.74. The van der Waals surface area contributed by atoms with Crippen LogP contribution in [-0.4, -0.2) is 12.8 Å². The predicted molar refractivity (Wildman–Crippen MR) is 65.0 cm³/mol. The van der Waals surface area contributed by atoms with Crippen LogP contribution in [0.2, 0.25) is 0 Å². The van der Waals surface area contributed by atoms with Gasteiger partial charge in [-0.2, -0.15) is 0 Å². The van der Waals surface area contributed by atoms with Crippen LogP contribution in [0.3, 0.4) is 0 Å². The van der Waals surface area contributed by atoms with Crippen LogP contribution < -0.4 is 5.32 Å². The Labute approximate surface area is 98.0 Å². The topological polar surface area (TPSA) is 29.1 Å². The van der Waals surface area contributed by atoms with Crippen molar-refractivity contribution in [2.75, 3.05) is 12.4 Å². The molecule has 0 aliphatic heterocycles. The van der Waals surface area contributed by atoms with Crippen LogP contribution in [0.15, 0.2) is 16.6 Å². The van der Waals surface area contributed by atoms with E-state index < -0.39 is 5.82 Å². The van der Waals surface area contributed by atoms with Gasteiger partial charge in [0.25, 0.3) is 0 Å². The summed E-state index contributed by atoms with van der Waals surface area (Å²) in [5, 5.41) is 2.76. The first kappa shape index (κ1) is 14.1. The van der Waals surface area contributed by atoms with Gasteiger partial charge in [-0.1, -0.05) is 13.8 Å². The lowest BCUT2D eigenvalue weighted by Gasteiger charge is -2.07. The number of benzene rings is 1. The number of nitrogens with one attached hydrogen (secondary N) is 1. The average Bonchev–Trinajstić information content (AvgIpc) is 2.24. The van der Waals surface area contributed by atoms with Crippen LogP contribution in [0.1, 0.15) is 31.1 Å². The molecular weight excluding hydrogens is 261 g/mol. The molecule has 0 amide bonds. The Morgan fingerprint density at radius 1 is 1.40 bits per heavy atom. The molecule has 0 fully saturated rings. The van der Waals surface area contributed by atoms with Gasteiger partial charge in [-0.15, -0.1) is 0 Å². The molecule has 0 bridgehead atoms. The number of halogens is 2. The maximum absolute atomic E-state index is 13.4. The van der Waals surface area contributed by atoms with Gasteiger partial charge >= 0.3 is 0 Å². The third kappa shape index (κ3) is 3.30. The highest BCUT2D eigenvalue weighted by Gasteiger charge is 2.14. The Balaban J connectivity index is 0.000000921. The average molecular weight is 276 g/mol. The monoisotopic (exact) mass is 275 g/mol. The first-order valence-corrected chi connectivity index (χ1v) is 5.54. The van der Waals surface area contributed by atoms with E-state index in [2.05, 4.69) is 21.2 Å². The van der Waals surface area contributed by atoms with E-state index in [-0.39, 0.29) is 11.3 Å². The Hall–Kier alpha value is -0.900. The first-order chi connectivity index (χ1) is 7.07. The summed E-state index contributed by atoms with van der Waals surface area (Å²) in [5.41, 5.74) is 0.602. The third-order valence-corrected chi connectivity index (χ3v) is 2.33. The Morgan fingerprint density at radius 2 is 1.93 bits per heavy atom. The molecule has 0 aliphatic carbocycles. The predicted octanol–water partition coefficient (Wildman–Crippen LogP) is 3.86. The zero-order valence-electron chi connectivity index (χ0n) is 9.32. The maximum atomic E-state index is 13.4. The number of hydrogen-bond donors (Lipinski definition) is 1. The van der Waals surface area contributed by atoms with Gasteiger partial charge < -0.3 is 5.32 Å². The Kier molecular flexibility index (Phi) is 6.17. The molecule has 0 radical (unpaired) electrons. The van der Waals surface area contributed by atoms with Crippen molar-refractivity contribution >= 4 is 27.4 Å². The molecule has 1 aromatic rings. The van der Waals surface area contributed by atoms with E-state index in [0.29, 0.717) is 10.2 Å². The number of anilines is 1. The van der Waals surface area contributed by atoms with Gasteiger partial charge in [0.2, 0.25) is 0 Å². The van der Waals surface area contributed by atoms with Crippen molar-refractivity contribution < 1.29 is 9.18 Å². The van der Waals surface area contributed by atoms with E-state index in [1.165, 1.54) is 6.92 Å². The van der Waals surface area contributed by atoms with Crippen LogP contribution in [-0.2, 0) is 0 Å². The van der Waals surface area contributed by atoms with Gasteiger partial charge in [0.05, 0.1) is 10.0 Å². The number of carbonyl (C=O) groups is 1. The molecule has 0 heterocycles. The van der Waals surface area contributed by atoms with Crippen molar-refractivity contribution in [3.63, 3.8) is 0 Å². The van der Waals surface area contributed by atoms with Gasteiger partial charge in [-0.3, -0.25) is 4.79 Å². The van der Waals surface area contributed by atoms with Crippen molar-refractivity contribution in [2.24, 2.45) is 0 Å². The van der Waals surface area contributed by atoms with E-state index >= 15 is 0 Å². The molecule has 0 atom stereocenters. The highest BCUT2D eigenvalue weighted by molar-refractivity contribution is 9.10. The maximum Gasteiger partial charge on any atom is 0.164 e. The summed E-state index contributed by atoms with van der Waals surface area (Å²) in [5.74, 6) is -0.803. The van der Waals surface area contributed by atoms with Gasteiger partial charge in [0.1, 0.15) is 5.82 Å². The van der Waals surface area contributed by atoms with Crippen LogP contribution in [0.4, 0.5) is 10.1 Å². The Morgan fingerprint density at radius 3 is 2.33 bits per heavy atom. The minimum absolute atomic E-state index is 0.0943. The van der Waals surface area contributed by atoms with Crippen molar-refractivity contribution in [1.82, 2.24) is 0 Å². The van der Waals surface area contributed by atoms with E-state index in [9.17, 15) is 9.18 Å². The molecule has 2 nitrogen and oxygen atoms in total. The SMILES string of the molecule is CC.CNc1ccc(Br)c(F)c1C(C)=O. The zero-order valence-corrected chi connectivity index (χ0v) is 10.9. The summed E-state index contributed by atoms with van der Waals surface area (Å²) in [7, 11) is 1.65. The van der Waals surface area contributed by atoms with Gasteiger partial charge in [-0.25, -0.2) is 4.39 Å². The third-order valence-electron chi connectivity index (χ3n) is 1.72. The molecule has 0 unspecified atom stereocenters. The van der Waals surface area contributed by atoms with Crippen molar-refractivity contribution in [3.8, 4) is 0 Å². The molecule has 84 valence electrons. The minimum atomic E-state index is -0.514. The van der Waals surface area contributed by atoms with E-state index in [1.54, 1.807) is 19.2 Å². The number of hydrogen-bond acceptors (Lipinski definition) is 2. The Bertz CT molecular complexity index is 353. The van der Waals surface area contributed by atoms with E-state index in [0.717, 1.165) is 0 Å². The van der Waals surface area contributed by atoms with Crippen LogP contribution in [0.25, 0.3) is 0 Å². The lowest BCUT2D eigenvalue weighted by Crippen LogP contribution is -2.04.